The average molecular weight is 226 g/mol. The Hall–Kier alpha value is -0.0800. The molecular weight excluding hydrogens is 196 g/mol. The summed E-state index contributed by atoms with van der Waals surface area (Å²) in [7, 11) is 0. The van der Waals surface area contributed by atoms with E-state index in [0.717, 1.165) is 18.6 Å². The van der Waals surface area contributed by atoms with Crippen molar-refractivity contribution in [2.45, 2.75) is 77.9 Å². The molecule has 1 N–H and O–H groups in total. The molecule has 1 fully saturated rings. The first-order valence-electron chi connectivity index (χ1n) is 7.27. The van der Waals surface area contributed by atoms with Crippen molar-refractivity contribution in [1.82, 2.24) is 10.2 Å². The van der Waals surface area contributed by atoms with Crippen LogP contribution in [-0.2, 0) is 0 Å². The Morgan fingerprint density at radius 1 is 1.19 bits per heavy atom. The second kappa shape index (κ2) is 7.29. The van der Waals surface area contributed by atoms with Crippen LogP contribution >= 0.6 is 0 Å². The normalized spacial score (nSPS) is 20.1. The third-order valence-electron chi connectivity index (χ3n) is 3.76. The van der Waals surface area contributed by atoms with Gasteiger partial charge in [0.25, 0.3) is 0 Å². The fraction of sp³-hybridized carbons (Fsp3) is 1.00. The standard InChI is InChI=1S/C14H30N2/c1-5-9-13(15-7-3)14(6-2)16(8-4)12-10-11-12/h12-15H,5-11H2,1-4H3. The summed E-state index contributed by atoms with van der Waals surface area (Å²) in [5.74, 6) is 0. The maximum atomic E-state index is 3.69. The van der Waals surface area contributed by atoms with Gasteiger partial charge in [-0.25, -0.2) is 0 Å². The van der Waals surface area contributed by atoms with Gasteiger partial charge in [0.05, 0.1) is 0 Å². The topological polar surface area (TPSA) is 15.3 Å². The Kier molecular flexibility index (Phi) is 6.37. The Balaban J connectivity index is 2.58. The van der Waals surface area contributed by atoms with Gasteiger partial charge < -0.3 is 5.32 Å². The summed E-state index contributed by atoms with van der Waals surface area (Å²) in [6, 6.07) is 2.34. The molecule has 0 radical (unpaired) electrons. The number of rotatable bonds is 9. The lowest BCUT2D eigenvalue weighted by atomic mass is 9.98. The first-order chi connectivity index (χ1) is 7.78. The van der Waals surface area contributed by atoms with E-state index in [9.17, 15) is 0 Å². The molecule has 96 valence electrons. The largest absolute Gasteiger partial charge is 0.313 e. The Morgan fingerprint density at radius 2 is 1.88 bits per heavy atom. The zero-order valence-corrected chi connectivity index (χ0v) is 11.6. The van der Waals surface area contributed by atoms with E-state index in [0.29, 0.717) is 6.04 Å². The molecule has 2 heteroatoms. The van der Waals surface area contributed by atoms with Gasteiger partial charge in [0.15, 0.2) is 0 Å². The highest BCUT2D eigenvalue weighted by Gasteiger charge is 2.34. The molecule has 0 spiro atoms. The van der Waals surface area contributed by atoms with E-state index in [1.54, 1.807) is 0 Å². The molecule has 0 aromatic rings. The quantitative estimate of drug-likeness (QED) is 0.650. The summed E-state index contributed by atoms with van der Waals surface area (Å²) in [5, 5.41) is 3.69. The van der Waals surface area contributed by atoms with Crippen molar-refractivity contribution in [2.75, 3.05) is 13.1 Å². The van der Waals surface area contributed by atoms with E-state index < -0.39 is 0 Å². The molecule has 1 saturated carbocycles. The number of hydrogen-bond donors (Lipinski definition) is 1. The molecule has 0 aromatic heterocycles. The molecule has 1 rings (SSSR count). The molecule has 2 atom stereocenters. The molecule has 1 aliphatic carbocycles. The lowest BCUT2D eigenvalue weighted by Crippen LogP contribution is -2.50. The van der Waals surface area contributed by atoms with E-state index in [1.165, 1.54) is 38.6 Å². The van der Waals surface area contributed by atoms with Gasteiger partial charge in [-0.05, 0) is 38.8 Å². The second-order valence-corrected chi connectivity index (χ2v) is 4.99. The van der Waals surface area contributed by atoms with Gasteiger partial charge in [-0.2, -0.15) is 0 Å². The predicted molar refractivity (Wildman–Crippen MR) is 71.9 cm³/mol. The van der Waals surface area contributed by atoms with Crippen molar-refractivity contribution in [1.29, 1.82) is 0 Å². The van der Waals surface area contributed by atoms with E-state index in [1.807, 2.05) is 0 Å². The van der Waals surface area contributed by atoms with Gasteiger partial charge in [-0.1, -0.05) is 34.1 Å². The van der Waals surface area contributed by atoms with Crippen LogP contribution in [0.15, 0.2) is 0 Å². The summed E-state index contributed by atoms with van der Waals surface area (Å²) in [6.07, 6.45) is 6.73. The Morgan fingerprint density at radius 3 is 2.25 bits per heavy atom. The molecule has 2 unspecified atom stereocenters. The summed E-state index contributed by atoms with van der Waals surface area (Å²) >= 11 is 0. The number of nitrogens with one attached hydrogen (secondary N) is 1. The zero-order valence-electron chi connectivity index (χ0n) is 11.6. The maximum absolute atomic E-state index is 3.69. The van der Waals surface area contributed by atoms with Crippen LogP contribution < -0.4 is 5.32 Å². The van der Waals surface area contributed by atoms with E-state index >= 15 is 0 Å². The van der Waals surface area contributed by atoms with E-state index in [-0.39, 0.29) is 0 Å². The second-order valence-electron chi connectivity index (χ2n) is 4.99. The lowest BCUT2D eigenvalue weighted by molar-refractivity contribution is 0.145. The van der Waals surface area contributed by atoms with Crippen molar-refractivity contribution >= 4 is 0 Å². The van der Waals surface area contributed by atoms with Gasteiger partial charge in [-0.15, -0.1) is 0 Å². The van der Waals surface area contributed by atoms with Crippen LogP contribution in [-0.4, -0.2) is 36.1 Å². The van der Waals surface area contributed by atoms with Crippen molar-refractivity contribution in [3.63, 3.8) is 0 Å². The summed E-state index contributed by atoms with van der Waals surface area (Å²) in [5.41, 5.74) is 0. The molecule has 0 aromatic carbocycles. The van der Waals surface area contributed by atoms with Crippen molar-refractivity contribution in [2.24, 2.45) is 0 Å². The fourth-order valence-corrected chi connectivity index (χ4v) is 2.92. The monoisotopic (exact) mass is 226 g/mol. The molecule has 16 heavy (non-hydrogen) atoms. The fourth-order valence-electron chi connectivity index (χ4n) is 2.92. The highest BCUT2D eigenvalue weighted by Crippen LogP contribution is 2.30. The molecule has 0 aliphatic heterocycles. The van der Waals surface area contributed by atoms with Gasteiger partial charge in [-0.3, -0.25) is 4.90 Å². The lowest BCUT2D eigenvalue weighted by Gasteiger charge is -2.36. The van der Waals surface area contributed by atoms with Crippen molar-refractivity contribution in [3.05, 3.63) is 0 Å². The van der Waals surface area contributed by atoms with E-state index in [2.05, 4.69) is 37.9 Å². The minimum absolute atomic E-state index is 0.695. The number of nitrogens with zero attached hydrogens (tertiary/aromatic N) is 1. The summed E-state index contributed by atoms with van der Waals surface area (Å²) in [6.45, 7) is 11.5. The summed E-state index contributed by atoms with van der Waals surface area (Å²) in [4.78, 5) is 2.74. The van der Waals surface area contributed by atoms with Crippen LogP contribution in [0, 0.1) is 0 Å². The zero-order chi connectivity index (χ0) is 12.0. The first kappa shape index (κ1) is 14.0. The van der Waals surface area contributed by atoms with Crippen LogP contribution in [0.4, 0.5) is 0 Å². The van der Waals surface area contributed by atoms with Crippen LogP contribution in [0.25, 0.3) is 0 Å². The van der Waals surface area contributed by atoms with Gasteiger partial charge >= 0.3 is 0 Å². The number of likely N-dealkylation sites (N-methyl/N-ethyl adjacent to an activating group) is 2. The molecule has 0 bridgehead atoms. The van der Waals surface area contributed by atoms with Gasteiger partial charge in [0.2, 0.25) is 0 Å². The molecule has 0 saturated heterocycles. The third-order valence-corrected chi connectivity index (χ3v) is 3.76. The van der Waals surface area contributed by atoms with Crippen LogP contribution in [0.2, 0.25) is 0 Å². The molecular formula is C14H30N2. The predicted octanol–water partition coefficient (Wildman–Crippen LogP) is 3.03. The molecule has 0 amide bonds. The highest BCUT2D eigenvalue weighted by atomic mass is 15.2. The molecule has 2 nitrogen and oxygen atoms in total. The maximum Gasteiger partial charge on any atom is 0.0249 e. The average Bonchev–Trinajstić information content (AvgIpc) is 3.09. The van der Waals surface area contributed by atoms with Gasteiger partial charge in [0.1, 0.15) is 0 Å². The number of hydrogen-bond acceptors (Lipinski definition) is 2. The Bertz CT molecular complexity index is 172. The summed E-state index contributed by atoms with van der Waals surface area (Å²) < 4.78 is 0. The van der Waals surface area contributed by atoms with Crippen molar-refractivity contribution in [3.8, 4) is 0 Å². The molecule has 1 aliphatic rings. The minimum Gasteiger partial charge on any atom is -0.313 e. The van der Waals surface area contributed by atoms with Crippen LogP contribution in [0.1, 0.15) is 59.8 Å². The van der Waals surface area contributed by atoms with Crippen LogP contribution in [0.5, 0.6) is 0 Å². The first-order valence-corrected chi connectivity index (χ1v) is 7.27. The Labute approximate surface area is 102 Å². The van der Waals surface area contributed by atoms with Gasteiger partial charge in [0, 0.05) is 18.1 Å². The van der Waals surface area contributed by atoms with E-state index in [4.69, 9.17) is 0 Å². The minimum atomic E-state index is 0.695. The van der Waals surface area contributed by atoms with Crippen molar-refractivity contribution < 1.29 is 0 Å². The molecule has 0 heterocycles. The van der Waals surface area contributed by atoms with Crippen LogP contribution in [0.3, 0.4) is 0 Å². The smallest absolute Gasteiger partial charge is 0.0249 e. The SMILES string of the molecule is CCCC(NCC)C(CC)N(CC)C1CC1. The third kappa shape index (κ3) is 3.74. The highest BCUT2D eigenvalue weighted by molar-refractivity contribution is 4.92.